The Labute approximate surface area is 198 Å². The molecule has 0 bridgehead atoms. The Morgan fingerprint density at radius 3 is 2.15 bits per heavy atom. The Morgan fingerprint density at radius 2 is 1.64 bits per heavy atom. The summed E-state index contributed by atoms with van der Waals surface area (Å²) in [6.07, 6.45) is 1.15. The predicted molar refractivity (Wildman–Crippen MR) is 130 cm³/mol. The summed E-state index contributed by atoms with van der Waals surface area (Å²) in [5.41, 5.74) is 1.13. The molecule has 0 aliphatic carbocycles. The van der Waals surface area contributed by atoms with Crippen LogP contribution in [0.15, 0.2) is 18.2 Å². The van der Waals surface area contributed by atoms with Crippen LogP contribution in [0.5, 0.6) is 0 Å². The Balaban J connectivity index is 1.67. The number of carbonyl (C=O) groups excluding carboxylic acids is 2. The van der Waals surface area contributed by atoms with E-state index in [-0.39, 0.29) is 18.0 Å². The van der Waals surface area contributed by atoms with Gasteiger partial charge < -0.3 is 23.8 Å². The summed E-state index contributed by atoms with van der Waals surface area (Å²) >= 11 is 0. The summed E-state index contributed by atoms with van der Waals surface area (Å²) in [7, 11) is 1.33. The number of hydrogen-bond donors (Lipinski definition) is 0. The minimum atomic E-state index is -0.513. The Morgan fingerprint density at radius 1 is 1.09 bits per heavy atom. The van der Waals surface area contributed by atoms with E-state index >= 15 is 0 Å². The van der Waals surface area contributed by atoms with Gasteiger partial charge in [0, 0.05) is 31.7 Å². The average molecular weight is 458 g/mol. The van der Waals surface area contributed by atoms with Crippen LogP contribution in [-0.4, -0.2) is 71.9 Å². The number of piperidine rings is 1. The smallest absolute Gasteiger partial charge is 0.444 e. The number of hydrogen-bond acceptors (Lipinski definition) is 5. The van der Waals surface area contributed by atoms with Crippen LogP contribution in [0.1, 0.15) is 77.2 Å². The zero-order valence-electron chi connectivity index (χ0n) is 21.7. The van der Waals surface area contributed by atoms with Crippen molar-refractivity contribution in [3.8, 4) is 0 Å². The maximum Gasteiger partial charge on any atom is 0.495 e. The first-order valence-electron chi connectivity index (χ1n) is 11.8. The average Bonchev–Trinajstić information content (AvgIpc) is 2.93. The third kappa shape index (κ3) is 5.54. The van der Waals surface area contributed by atoms with Crippen molar-refractivity contribution in [3.05, 3.63) is 29.3 Å². The van der Waals surface area contributed by atoms with E-state index in [0.29, 0.717) is 18.7 Å². The summed E-state index contributed by atoms with van der Waals surface area (Å²) in [4.78, 5) is 29.2. The van der Waals surface area contributed by atoms with Crippen LogP contribution in [0, 0.1) is 6.92 Å². The summed E-state index contributed by atoms with van der Waals surface area (Å²) in [5, 5.41) is 0. The number of aryl methyl sites for hydroxylation is 1. The molecule has 0 spiro atoms. The van der Waals surface area contributed by atoms with Crippen LogP contribution < -0.4 is 5.46 Å². The Kier molecular flexibility index (Phi) is 6.93. The van der Waals surface area contributed by atoms with Crippen LogP contribution in [0.25, 0.3) is 0 Å². The molecule has 8 heteroatoms. The van der Waals surface area contributed by atoms with Crippen LogP contribution in [0.4, 0.5) is 4.79 Å². The first-order chi connectivity index (χ1) is 15.1. The SMILES string of the molecule is Cc1ccc(C(=O)N(C)C2CCN(C(=O)OC(C)(C)C)CC2)cc1B1OC(C)(C)C(C)(C)O1. The number of nitrogens with zero attached hydrogens (tertiary/aromatic N) is 2. The van der Waals surface area contributed by atoms with Gasteiger partial charge in [0.1, 0.15) is 5.60 Å². The minimum Gasteiger partial charge on any atom is -0.444 e. The van der Waals surface area contributed by atoms with Crippen LogP contribution in [0.3, 0.4) is 0 Å². The molecular formula is C25H39BN2O5. The van der Waals surface area contributed by atoms with Gasteiger partial charge in [-0.15, -0.1) is 0 Å². The van der Waals surface area contributed by atoms with Gasteiger partial charge in [0.25, 0.3) is 5.91 Å². The molecule has 33 heavy (non-hydrogen) atoms. The maximum absolute atomic E-state index is 13.3. The number of likely N-dealkylation sites (tertiary alicyclic amines) is 1. The van der Waals surface area contributed by atoms with Crippen molar-refractivity contribution in [3.63, 3.8) is 0 Å². The first-order valence-corrected chi connectivity index (χ1v) is 11.8. The van der Waals surface area contributed by atoms with Gasteiger partial charge in [-0.05, 0) is 85.8 Å². The highest BCUT2D eigenvalue weighted by Gasteiger charge is 2.52. The van der Waals surface area contributed by atoms with E-state index in [2.05, 4.69) is 0 Å². The Bertz CT molecular complexity index is 885. The van der Waals surface area contributed by atoms with E-state index in [1.807, 2.05) is 80.6 Å². The summed E-state index contributed by atoms with van der Waals surface area (Å²) < 4.78 is 17.9. The fourth-order valence-corrected chi connectivity index (χ4v) is 4.13. The summed E-state index contributed by atoms with van der Waals surface area (Å²) in [6, 6.07) is 5.77. The maximum atomic E-state index is 13.3. The molecule has 0 saturated carbocycles. The van der Waals surface area contributed by atoms with E-state index < -0.39 is 23.9 Å². The van der Waals surface area contributed by atoms with Gasteiger partial charge >= 0.3 is 13.2 Å². The molecule has 2 aliphatic rings. The van der Waals surface area contributed by atoms with Crippen molar-refractivity contribution in [2.45, 2.75) is 91.1 Å². The molecular weight excluding hydrogens is 419 g/mol. The standard InChI is InChI=1S/C25H39BN2O5/c1-17-10-11-18(16-20(17)26-32-24(5,6)25(7,8)33-26)21(29)27(9)19-12-14-28(15-13-19)22(30)31-23(2,3)4/h10-11,16,19H,12-15H2,1-9H3. The molecule has 0 radical (unpaired) electrons. The van der Waals surface area contributed by atoms with Crippen LogP contribution in [-0.2, 0) is 14.0 Å². The van der Waals surface area contributed by atoms with Crippen LogP contribution in [0.2, 0.25) is 0 Å². The van der Waals surface area contributed by atoms with Crippen molar-refractivity contribution in [2.75, 3.05) is 20.1 Å². The molecule has 7 nitrogen and oxygen atoms in total. The third-order valence-corrected chi connectivity index (χ3v) is 7.02. The zero-order chi connectivity index (χ0) is 24.8. The van der Waals surface area contributed by atoms with Gasteiger partial charge in [0.15, 0.2) is 0 Å². The number of rotatable bonds is 3. The van der Waals surface area contributed by atoms with Gasteiger partial charge in [-0.3, -0.25) is 4.79 Å². The van der Waals surface area contributed by atoms with E-state index in [9.17, 15) is 9.59 Å². The van der Waals surface area contributed by atoms with Crippen molar-refractivity contribution >= 4 is 24.6 Å². The molecule has 2 fully saturated rings. The summed E-state index contributed by atoms with van der Waals surface area (Å²) in [5.74, 6) is -0.0384. The van der Waals surface area contributed by atoms with E-state index in [1.165, 1.54) is 0 Å². The molecule has 2 aliphatic heterocycles. The highest BCUT2D eigenvalue weighted by Crippen LogP contribution is 2.36. The Hall–Kier alpha value is -2.06. The second kappa shape index (κ2) is 8.95. The molecule has 0 aromatic heterocycles. The molecule has 1 aromatic rings. The van der Waals surface area contributed by atoms with Crippen molar-refractivity contribution in [2.24, 2.45) is 0 Å². The van der Waals surface area contributed by atoms with Crippen molar-refractivity contribution in [1.29, 1.82) is 0 Å². The topological polar surface area (TPSA) is 68.3 Å². The summed E-state index contributed by atoms with van der Waals surface area (Å²) in [6.45, 7) is 16.8. The molecule has 182 valence electrons. The van der Waals surface area contributed by atoms with E-state index in [1.54, 1.807) is 9.80 Å². The molecule has 0 atom stereocenters. The molecule has 0 N–H and O–H groups in total. The molecule has 2 heterocycles. The van der Waals surface area contributed by atoms with Gasteiger partial charge in [0.2, 0.25) is 0 Å². The number of amides is 2. The molecule has 2 saturated heterocycles. The van der Waals surface area contributed by atoms with Gasteiger partial charge in [-0.25, -0.2) is 4.79 Å². The first kappa shape index (κ1) is 25.6. The lowest BCUT2D eigenvalue weighted by molar-refractivity contribution is 0.00578. The predicted octanol–water partition coefficient (Wildman–Crippen LogP) is 3.77. The lowest BCUT2D eigenvalue weighted by Crippen LogP contribution is -2.48. The minimum absolute atomic E-state index is 0.0384. The molecule has 3 rings (SSSR count). The fraction of sp³-hybridized carbons (Fsp3) is 0.680. The van der Waals surface area contributed by atoms with E-state index in [4.69, 9.17) is 14.0 Å². The fourth-order valence-electron chi connectivity index (χ4n) is 4.13. The van der Waals surface area contributed by atoms with Gasteiger partial charge in [0.05, 0.1) is 11.2 Å². The van der Waals surface area contributed by atoms with Crippen molar-refractivity contribution < 1.29 is 23.6 Å². The lowest BCUT2D eigenvalue weighted by Gasteiger charge is -2.37. The highest BCUT2D eigenvalue weighted by molar-refractivity contribution is 6.62. The van der Waals surface area contributed by atoms with E-state index in [0.717, 1.165) is 23.9 Å². The number of benzene rings is 1. The van der Waals surface area contributed by atoms with Gasteiger partial charge in [-0.2, -0.15) is 0 Å². The highest BCUT2D eigenvalue weighted by atomic mass is 16.7. The van der Waals surface area contributed by atoms with Gasteiger partial charge in [-0.1, -0.05) is 11.6 Å². The molecule has 2 amide bonds. The van der Waals surface area contributed by atoms with Crippen LogP contribution >= 0.6 is 0 Å². The number of ether oxygens (including phenoxy) is 1. The second-order valence-electron chi connectivity index (χ2n) is 11.3. The molecule has 0 unspecified atom stereocenters. The van der Waals surface area contributed by atoms with Crippen molar-refractivity contribution in [1.82, 2.24) is 9.80 Å². The largest absolute Gasteiger partial charge is 0.495 e. The zero-order valence-corrected chi connectivity index (χ0v) is 21.7. The lowest BCUT2D eigenvalue weighted by atomic mass is 9.75. The quantitative estimate of drug-likeness (QED) is 0.646. The molecule has 1 aromatic carbocycles. The monoisotopic (exact) mass is 458 g/mol. The second-order valence-corrected chi connectivity index (χ2v) is 11.3. The number of carbonyl (C=O) groups is 2. The normalized spacial score (nSPS) is 20.6. The third-order valence-electron chi connectivity index (χ3n) is 7.02.